The monoisotopic (exact) mass is 156 g/mol. The van der Waals surface area contributed by atoms with Gasteiger partial charge in [0.1, 0.15) is 0 Å². The maximum absolute atomic E-state index is 10.1. The summed E-state index contributed by atoms with van der Waals surface area (Å²) in [4.78, 5) is 9.58. The maximum Gasteiger partial charge on any atom is 0.489 e. The minimum absolute atomic E-state index is 0.237. The van der Waals surface area contributed by atoms with E-state index in [0.717, 1.165) is 0 Å². The highest BCUT2D eigenvalue weighted by Crippen LogP contribution is 2.07. The lowest BCUT2D eigenvalue weighted by molar-refractivity contribution is -0.184. The molecule has 0 aromatic rings. The average molecular weight is 156 g/mol. The summed E-state index contributed by atoms with van der Waals surface area (Å²) in [5, 5.41) is 0. The second-order valence-electron chi connectivity index (χ2n) is 1.04. The highest BCUT2D eigenvalue weighted by atomic mass is 32.2. The smallest absolute Gasteiger partial charge is 0.489 e. The van der Waals surface area contributed by atoms with Crippen LogP contribution < -0.4 is 4.89 Å². The van der Waals surface area contributed by atoms with Crippen molar-refractivity contribution in [3.63, 3.8) is 0 Å². The van der Waals surface area contributed by atoms with E-state index in [0.29, 0.717) is 0 Å². The van der Waals surface area contributed by atoms with E-state index in [1.54, 1.807) is 0 Å². The first-order chi connectivity index (χ1) is 3.63. The molecule has 0 aliphatic heterocycles. The Hall–Kier alpha value is 0.170. The van der Waals surface area contributed by atoms with E-state index >= 15 is 0 Å². The van der Waals surface area contributed by atoms with Gasteiger partial charge in [0.15, 0.2) is 5.94 Å². The van der Waals surface area contributed by atoms with Crippen LogP contribution in [-0.2, 0) is 19.9 Å². The molecule has 0 heterocycles. The van der Waals surface area contributed by atoms with Gasteiger partial charge in [-0.2, -0.15) is 0 Å². The van der Waals surface area contributed by atoms with Crippen LogP contribution in [0.4, 0.5) is 0 Å². The van der Waals surface area contributed by atoms with Crippen molar-refractivity contribution in [2.24, 2.45) is 0 Å². The molecule has 8 heavy (non-hydrogen) atoms. The highest BCUT2D eigenvalue weighted by Gasteiger charge is 2.00. The zero-order valence-electron chi connectivity index (χ0n) is 4.20. The van der Waals surface area contributed by atoms with Gasteiger partial charge in [0.2, 0.25) is 0 Å². The highest BCUT2D eigenvalue weighted by molar-refractivity contribution is 7.84. The molecule has 0 aromatic heterocycles. The quantitative estimate of drug-likeness (QED) is 0.509. The molecule has 0 radical (unpaired) electrons. The third-order valence-corrected chi connectivity index (χ3v) is 1.29. The second kappa shape index (κ2) is 4.09. The molecule has 2 unspecified atom stereocenters. The Labute approximate surface area is 50.3 Å². The number of hydrogen-bond acceptors (Lipinski definition) is 4. The van der Waals surface area contributed by atoms with Gasteiger partial charge in [0.05, 0.1) is 0 Å². The van der Waals surface area contributed by atoms with Crippen molar-refractivity contribution >= 4 is 19.1 Å². The van der Waals surface area contributed by atoms with Crippen LogP contribution >= 0.6 is 8.25 Å². The predicted octanol–water partition coefficient (Wildman–Crippen LogP) is -0.643. The van der Waals surface area contributed by atoms with Crippen LogP contribution in [0.3, 0.4) is 0 Å². The predicted molar refractivity (Wildman–Crippen MR) is 27.6 cm³/mol. The maximum atomic E-state index is 10.1. The number of rotatable bonds is 3. The molecule has 0 aliphatic rings. The van der Waals surface area contributed by atoms with Crippen molar-refractivity contribution in [2.75, 3.05) is 12.2 Å². The van der Waals surface area contributed by atoms with E-state index in [1.165, 1.54) is 6.26 Å². The van der Waals surface area contributed by atoms with Crippen LogP contribution in [0.2, 0.25) is 0 Å². The van der Waals surface area contributed by atoms with Crippen molar-refractivity contribution < 1.29 is 18.2 Å². The van der Waals surface area contributed by atoms with E-state index in [2.05, 4.69) is 4.52 Å². The molecule has 0 N–H and O–H groups in total. The van der Waals surface area contributed by atoms with Crippen molar-refractivity contribution in [2.45, 2.75) is 0 Å². The zero-order chi connectivity index (χ0) is 6.57. The van der Waals surface area contributed by atoms with Gasteiger partial charge < -0.3 is 4.89 Å². The van der Waals surface area contributed by atoms with Crippen LogP contribution in [0.1, 0.15) is 0 Å². The minimum atomic E-state index is -2.83. The largest absolute Gasteiger partial charge is 0.566 e. The molecule has 0 bridgehead atoms. The summed E-state index contributed by atoms with van der Waals surface area (Å²) in [7, 11) is -4.02. The Morgan fingerprint density at radius 1 is 1.88 bits per heavy atom. The van der Waals surface area contributed by atoms with Gasteiger partial charge in [0, 0.05) is 17.1 Å². The minimum Gasteiger partial charge on any atom is -0.566 e. The third kappa shape index (κ3) is 6.17. The first-order valence-electron chi connectivity index (χ1n) is 1.70. The lowest BCUT2D eigenvalue weighted by Crippen LogP contribution is -1.98. The summed E-state index contributed by atoms with van der Waals surface area (Å²) in [5.41, 5.74) is 0. The fourth-order valence-electron chi connectivity index (χ4n) is 0.117. The normalized spacial score (nSPS) is 15.5. The molecule has 0 aliphatic carbocycles. The summed E-state index contributed by atoms with van der Waals surface area (Å²) in [6, 6.07) is 0. The van der Waals surface area contributed by atoms with Crippen molar-refractivity contribution in [3.8, 4) is 0 Å². The Morgan fingerprint density at radius 3 is 2.50 bits per heavy atom. The van der Waals surface area contributed by atoms with E-state index in [4.69, 9.17) is 0 Å². The van der Waals surface area contributed by atoms with Crippen molar-refractivity contribution in [1.29, 1.82) is 0 Å². The SMILES string of the molecule is CS(=O)CO[P+](=O)[O-]. The topological polar surface area (TPSA) is 66.4 Å². The molecule has 0 saturated heterocycles. The molecule has 0 rings (SSSR count). The molecule has 48 valence electrons. The zero-order valence-corrected chi connectivity index (χ0v) is 5.91. The standard InChI is InChI=1S/C2H5O4PS/c1-8(5)2-6-7(3)4/h2H2,1H3. The van der Waals surface area contributed by atoms with Crippen molar-refractivity contribution in [3.05, 3.63) is 0 Å². The fraction of sp³-hybridized carbons (Fsp3) is 1.00. The summed E-state index contributed by atoms with van der Waals surface area (Å²) in [6.45, 7) is 0. The lowest BCUT2D eigenvalue weighted by atomic mass is 11.7. The first kappa shape index (κ1) is 8.17. The molecule has 0 amide bonds. The Balaban J connectivity index is 3.18. The Morgan fingerprint density at radius 2 is 2.38 bits per heavy atom. The summed E-state index contributed by atoms with van der Waals surface area (Å²) >= 11 is 0. The summed E-state index contributed by atoms with van der Waals surface area (Å²) < 4.78 is 23.6. The molecule has 0 fully saturated rings. The summed E-state index contributed by atoms with van der Waals surface area (Å²) in [5.74, 6) is -0.237. The van der Waals surface area contributed by atoms with E-state index in [-0.39, 0.29) is 5.94 Å². The molecule has 4 nitrogen and oxygen atoms in total. The molecular weight excluding hydrogens is 151 g/mol. The molecule has 2 atom stereocenters. The van der Waals surface area contributed by atoms with Gasteiger partial charge in [-0.3, -0.25) is 4.21 Å². The second-order valence-corrected chi connectivity index (χ2v) is 3.13. The van der Waals surface area contributed by atoms with Crippen molar-refractivity contribution in [1.82, 2.24) is 0 Å². The van der Waals surface area contributed by atoms with Gasteiger partial charge in [0.25, 0.3) is 0 Å². The number of hydrogen-bond donors (Lipinski definition) is 0. The summed E-state index contributed by atoms with van der Waals surface area (Å²) in [6.07, 6.45) is 1.36. The van der Waals surface area contributed by atoms with Crippen LogP contribution in [0.15, 0.2) is 0 Å². The van der Waals surface area contributed by atoms with E-state index in [9.17, 15) is 13.7 Å². The van der Waals surface area contributed by atoms with Gasteiger partial charge in [-0.15, -0.1) is 4.52 Å². The van der Waals surface area contributed by atoms with E-state index < -0.39 is 19.1 Å². The average Bonchev–Trinajstić information content (AvgIpc) is 1.61. The van der Waals surface area contributed by atoms with Crippen LogP contribution in [0.5, 0.6) is 0 Å². The molecular formula is C2H5O4PS. The lowest BCUT2D eigenvalue weighted by Gasteiger charge is -1.85. The Kier molecular flexibility index (Phi) is 4.18. The van der Waals surface area contributed by atoms with Crippen LogP contribution in [0.25, 0.3) is 0 Å². The van der Waals surface area contributed by atoms with Gasteiger partial charge in [-0.05, 0) is 4.57 Å². The van der Waals surface area contributed by atoms with Gasteiger partial charge >= 0.3 is 8.25 Å². The van der Waals surface area contributed by atoms with E-state index in [1.807, 2.05) is 0 Å². The van der Waals surface area contributed by atoms with Crippen LogP contribution in [-0.4, -0.2) is 16.4 Å². The molecule has 0 spiro atoms. The third-order valence-electron chi connectivity index (χ3n) is 0.324. The molecule has 0 saturated carbocycles. The first-order valence-corrected chi connectivity index (χ1v) is 4.52. The van der Waals surface area contributed by atoms with Gasteiger partial charge in [-0.25, -0.2) is 0 Å². The van der Waals surface area contributed by atoms with Crippen LogP contribution in [0, 0.1) is 0 Å². The fourth-order valence-corrected chi connectivity index (χ4v) is 1.06. The molecule has 0 aromatic carbocycles. The Bertz CT molecular complexity index is 98.6. The van der Waals surface area contributed by atoms with Gasteiger partial charge in [-0.1, -0.05) is 0 Å². The molecule has 6 heteroatoms.